The Morgan fingerprint density at radius 1 is 1.29 bits per heavy atom. The van der Waals surface area contributed by atoms with Crippen LogP contribution >= 0.6 is 12.4 Å². The van der Waals surface area contributed by atoms with Crippen LogP contribution in [-0.4, -0.2) is 52.2 Å². The summed E-state index contributed by atoms with van der Waals surface area (Å²) in [5.74, 6) is 0. The Balaban J connectivity index is 0.00000161. The second-order valence-corrected chi connectivity index (χ2v) is 4.92. The third kappa shape index (κ3) is 4.01. The second kappa shape index (κ2) is 7.51. The SMILES string of the molecule is Cl.NCC1CN(Cc2cnn(-c3ccccc3)n2)CCO1. The molecule has 1 atom stereocenters. The minimum absolute atomic E-state index is 0. The van der Waals surface area contributed by atoms with Gasteiger partial charge in [-0.15, -0.1) is 12.4 Å². The zero-order valence-corrected chi connectivity index (χ0v) is 12.6. The lowest BCUT2D eigenvalue weighted by Gasteiger charge is -2.31. The number of ether oxygens (including phenoxy) is 1. The van der Waals surface area contributed by atoms with Crippen LogP contribution in [-0.2, 0) is 11.3 Å². The van der Waals surface area contributed by atoms with Crippen LogP contribution < -0.4 is 5.73 Å². The summed E-state index contributed by atoms with van der Waals surface area (Å²) in [6.07, 6.45) is 1.95. The molecule has 0 spiro atoms. The lowest BCUT2D eigenvalue weighted by atomic mass is 10.2. The quantitative estimate of drug-likeness (QED) is 0.907. The van der Waals surface area contributed by atoms with Crippen LogP contribution in [0.1, 0.15) is 5.69 Å². The van der Waals surface area contributed by atoms with Crippen molar-refractivity contribution in [1.29, 1.82) is 0 Å². The molecule has 1 aliphatic rings. The molecule has 0 amide bonds. The summed E-state index contributed by atoms with van der Waals surface area (Å²) < 4.78 is 5.56. The monoisotopic (exact) mass is 309 g/mol. The predicted molar refractivity (Wildman–Crippen MR) is 82.7 cm³/mol. The van der Waals surface area contributed by atoms with E-state index < -0.39 is 0 Å². The first-order valence-corrected chi connectivity index (χ1v) is 6.86. The Kier molecular flexibility index (Phi) is 5.69. The van der Waals surface area contributed by atoms with Gasteiger partial charge >= 0.3 is 0 Å². The summed E-state index contributed by atoms with van der Waals surface area (Å²) in [5.41, 5.74) is 7.59. The van der Waals surface area contributed by atoms with Gasteiger partial charge in [0.1, 0.15) is 0 Å². The van der Waals surface area contributed by atoms with Crippen molar-refractivity contribution < 1.29 is 4.74 Å². The molecular formula is C14H20ClN5O. The molecule has 3 rings (SSSR count). The molecule has 2 aromatic rings. The van der Waals surface area contributed by atoms with Crippen LogP contribution in [0.15, 0.2) is 36.5 Å². The largest absolute Gasteiger partial charge is 0.374 e. The van der Waals surface area contributed by atoms with Crippen molar-refractivity contribution in [2.45, 2.75) is 12.6 Å². The normalized spacial score (nSPS) is 19.2. The molecule has 114 valence electrons. The number of nitrogens with zero attached hydrogens (tertiary/aromatic N) is 4. The van der Waals surface area contributed by atoms with Gasteiger partial charge in [0, 0.05) is 26.2 Å². The van der Waals surface area contributed by atoms with E-state index >= 15 is 0 Å². The first-order valence-electron chi connectivity index (χ1n) is 6.86. The molecule has 1 saturated heterocycles. The Hall–Kier alpha value is -1.47. The van der Waals surface area contributed by atoms with Gasteiger partial charge in [-0.05, 0) is 12.1 Å². The van der Waals surface area contributed by atoms with Crippen molar-refractivity contribution in [2.75, 3.05) is 26.2 Å². The maximum Gasteiger partial charge on any atom is 0.0971 e. The van der Waals surface area contributed by atoms with Gasteiger partial charge in [0.2, 0.25) is 0 Å². The molecule has 0 radical (unpaired) electrons. The summed E-state index contributed by atoms with van der Waals surface area (Å²) in [7, 11) is 0. The van der Waals surface area contributed by atoms with Crippen molar-refractivity contribution in [1.82, 2.24) is 19.9 Å². The number of para-hydroxylation sites is 1. The van der Waals surface area contributed by atoms with Crippen LogP contribution in [0.4, 0.5) is 0 Å². The Bertz CT molecular complexity index is 547. The zero-order valence-electron chi connectivity index (χ0n) is 11.8. The molecule has 1 aromatic carbocycles. The van der Waals surface area contributed by atoms with Gasteiger partial charge in [0.15, 0.2) is 0 Å². The minimum Gasteiger partial charge on any atom is -0.374 e. The molecule has 0 aliphatic carbocycles. The lowest BCUT2D eigenvalue weighted by Crippen LogP contribution is -2.45. The number of aromatic nitrogens is 3. The fraction of sp³-hybridized carbons (Fsp3) is 0.429. The maximum atomic E-state index is 5.66. The van der Waals surface area contributed by atoms with Crippen molar-refractivity contribution in [3.63, 3.8) is 0 Å². The second-order valence-electron chi connectivity index (χ2n) is 4.92. The molecular weight excluding hydrogens is 290 g/mol. The van der Waals surface area contributed by atoms with E-state index in [1.165, 1.54) is 0 Å². The van der Waals surface area contributed by atoms with Gasteiger partial charge in [-0.2, -0.15) is 15.0 Å². The lowest BCUT2D eigenvalue weighted by molar-refractivity contribution is -0.0264. The number of nitrogens with two attached hydrogens (primary N) is 1. The Morgan fingerprint density at radius 3 is 2.86 bits per heavy atom. The molecule has 2 heterocycles. The van der Waals surface area contributed by atoms with E-state index in [-0.39, 0.29) is 18.5 Å². The standard InChI is InChI=1S/C14H19N5O.ClH/c15-8-14-11-18(6-7-20-14)10-12-9-16-19(17-12)13-4-2-1-3-5-13;/h1-5,9,14H,6-8,10-11,15H2;1H. The third-order valence-electron chi connectivity index (χ3n) is 3.40. The zero-order chi connectivity index (χ0) is 13.8. The summed E-state index contributed by atoms with van der Waals surface area (Å²) in [6, 6.07) is 9.92. The molecule has 6 nitrogen and oxygen atoms in total. The highest BCUT2D eigenvalue weighted by atomic mass is 35.5. The fourth-order valence-corrected chi connectivity index (χ4v) is 2.35. The molecule has 1 aromatic heterocycles. The molecule has 1 aliphatic heterocycles. The first-order chi connectivity index (χ1) is 9.85. The number of morpholine rings is 1. The van der Waals surface area contributed by atoms with Crippen LogP contribution in [0, 0.1) is 0 Å². The molecule has 7 heteroatoms. The van der Waals surface area contributed by atoms with Gasteiger partial charge in [0.25, 0.3) is 0 Å². The highest BCUT2D eigenvalue weighted by molar-refractivity contribution is 5.85. The number of halogens is 1. The molecule has 0 saturated carbocycles. The molecule has 2 N–H and O–H groups in total. The summed E-state index contributed by atoms with van der Waals surface area (Å²) in [5, 5.41) is 8.83. The molecule has 1 unspecified atom stereocenters. The number of hydrogen-bond donors (Lipinski definition) is 1. The van der Waals surface area contributed by atoms with E-state index in [1.807, 2.05) is 36.5 Å². The number of hydrogen-bond acceptors (Lipinski definition) is 5. The van der Waals surface area contributed by atoms with Crippen LogP contribution in [0.25, 0.3) is 5.69 Å². The van der Waals surface area contributed by atoms with Crippen molar-refractivity contribution in [3.05, 3.63) is 42.2 Å². The Labute approximate surface area is 130 Å². The van der Waals surface area contributed by atoms with E-state index in [4.69, 9.17) is 10.5 Å². The van der Waals surface area contributed by atoms with Gasteiger partial charge in [0.05, 0.1) is 30.3 Å². The first kappa shape index (κ1) is 15.9. The van der Waals surface area contributed by atoms with Crippen molar-refractivity contribution >= 4 is 12.4 Å². The molecule has 1 fully saturated rings. The predicted octanol–water partition coefficient (Wildman–Crippen LogP) is 0.849. The van der Waals surface area contributed by atoms with E-state index in [0.717, 1.165) is 37.6 Å². The minimum atomic E-state index is 0. The van der Waals surface area contributed by atoms with Gasteiger partial charge in [-0.3, -0.25) is 4.90 Å². The van der Waals surface area contributed by atoms with Crippen LogP contribution in [0.2, 0.25) is 0 Å². The highest BCUT2D eigenvalue weighted by Gasteiger charge is 2.20. The van der Waals surface area contributed by atoms with Crippen molar-refractivity contribution in [3.8, 4) is 5.69 Å². The smallest absolute Gasteiger partial charge is 0.0971 e. The van der Waals surface area contributed by atoms with E-state index in [0.29, 0.717) is 6.54 Å². The maximum absolute atomic E-state index is 5.66. The summed E-state index contributed by atoms with van der Waals surface area (Å²) in [6.45, 7) is 3.85. The average Bonchev–Trinajstić information content (AvgIpc) is 2.97. The Morgan fingerprint density at radius 2 is 2.10 bits per heavy atom. The van der Waals surface area contributed by atoms with Crippen molar-refractivity contribution in [2.24, 2.45) is 5.73 Å². The van der Waals surface area contributed by atoms with Crippen LogP contribution in [0.3, 0.4) is 0 Å². The molecule has 0 bridgehead atoms. The van der Waals surface area contributed by atoms with Gasteiger partial charge < -0.3 is 10.5 Å². The highest BCUT2D eigenvalue weighted by Crippen LogP contribution is 2.09. The summed E-state index contributed by atoms with van der Waals surface area (Å²) in [4.78, 5) is 3.97. The molecule has 21 heavy (non-hydrogen) atoms. The average molecular weight is 310 g/mol. The van der Waals surface area contributed by atoms with E-state index in [1.54, 1.807) is 4.80 Å². The summed E-state index contributed by atoms with van der Waals surface area (Å²) >= 11 is 0. The van der Waals surface area contributed by atoms with Crippen LogP contribution in [0.5, 0.6) is 0 Å². The van der Waals surface area contributed by atoms with E-state index in [2.05, 4.69) is 15.1 Å². The number of rotatable bonds is 4. The number of benzene rings is 1. The topological polar surface area (TPSA) is 69.2 Å². The van der Waals surface area contributed by atoms with Gasteiger partial charge in [-0.1, -0.05) is 18.2 Å². The van der Waals surface area contributed by atoms with Gasteiger partial charge in [-0.25, -0.2) is 0 Å². The third-order valence-corrected chi connectivity index (χ3v) is 3.40. The fourth-order valence-electron chi connectivity index (χ4n) is 2.35. The van der Waals surface area contributed by atoms with E-state index in [9.17, 15) is 0 Å².